The van der Waals surface area contributed by atoms with E-state index < -0.39 is 0 Å². The van der Waals surface area contributed by atoms with Gasteiger partial charge in [0.25, 0.3) is 0 Å². The molecule has 19 heavy (non-hydrogen) atoms. The Bertz CT molecular complexity index is 423. The third-order valence-electron chi connectivity index (χ3n) is 4.49. The molecule has 1 saturated carbocycles. The molecule has 0 amide bonds. The van der Waals surface area contributed by atoms with Crippen LogP contribution in [0.5, 0.6) is 5.75 Å². The number of benzene rings is 1. The highest BCUT2D eigenvalue weighted by Crippen LogP contribution is 2.52. The highest BCUT2D eigenvalue weighted by molar-refractivity contribution is 5.38. The maximum atomic E-state index is 5.51. The van der Waals surface area contributed by atoms with Crippen LogP contribution in [-0.2, 0) is 6.42 Å². The molecule has 1 aliphatic carbocycles. The fraction of sp³-hybridized carbons (Fsp3) is 0.647. The Morgan fingerprint density at radius 1 is 1.37 bits per heavy atom. The lowest BCUT2D eigenvalue weighted by molar-refractivity contribution is 0.341. The van der Waals surface area contributed by atoms with E-state index in [4.69, 9.17) is 4.74 Å². The van der Waals surface area contributed by atoms with Crippen molar-refractivity contribution in [2.45, 2.75) is 52.5 Å². The number of nitrogens with one attached hydrogen (secondary N) is 1. The standard InChI is InChI=1S/C17H27NO/c1-5-10-18-14(3)17(8-9-17)12-15-11-13(2)6-7-16(15)19-4/h6-7,11,14,18H,5,8-10,12H2,1-4H3. The zero-order valence-electron chi connectivity index (χ0n) is 12.8. The van der Waals surface area contributed by atoms with Crippen molar-refractivity contribution < 1.29 is 4.74 Å². The fourth-order valence-electron chi connectivity index (χ4n) is 2.93. The molecule has 1 aromatic rings. The summed E-state index contributed by atoms with van der Waals surface area (Å²) in [6.07, 6.45) is 5.01. The summed E-state index contributed by atoms with van der Waals surface area (Å²) in [5.74, 6) is 1.04. The molecule has 1 fully saturated rings. The van der Waals surface area contributed by atoms with E-state index in [0.29, 0.717) is 11.5 Å². The van der Waals surface area contributed by atoms with E-state index in [9.17, 15) is 0 Å². The quantitative estimate of drug-likeness (QED) is 0.808. The van der Waals surface area contributed by atoms with Crippen LogP contribution >= 0.6 is 0 Å². The van der Waals surface area contributed by atoms with Crippen LogP contribution in [0.2, 0.25) is 0 Å². The van der Waals surface area contributed by atoms with E-state index in [1.54, 1.807) is 7.11 Å². The van der Waals surface area contributed by atoms with Gasteiger partial charge < -0.3 is 10.1 Å². The zero-order valence-corrected chi connectivity index (χ0v) is 12.8. The van der Waals surface area contributed by atoms with E-state index >= 15 is 0 Å². The van der Waals surface area contributed by atoms with E-state index in [1.807, 2.05) is 0 Å². The molecular formula is C17H27NO. The number of aryl methyl sites for hydroxylation is 1. The minimum atomic E-state index is 0.455. The minimum absolute atomic E-state index is 0.455. The highest BCUT2D eigenvalue weighted by Gasteiger charge is 2.47. The smallest absolute Gasteiger partial charge is 0.122 e. The van der Waals surface area contributed by atoms with E-state index in [-0.39, 0.29) is 0 Å². The topological polar surface area (TPSA) is 21.3 Å². The molecule has 1 aliphatic rings. The molecule has 106 valence electrons. The number of ether oxygens (including phenoxy) is 1. The first-order valence-electron chi connectivity index (χ1n) is 7.48. The van der Waals surface area contributed by atoms with Crippen molar-refractivity contribution in [2.75, 3.05) is 13.7 Å². The van der Waals surface area contributed by atoms with E-state index in [1.165, 1.54) is 30.4 Å². The molecule has 0 heterocycles. The molecule has 2 heteroatoms. The molecule has 0 saturated heterocycles. The fourth-order valence-corrected chi connectivity index (χ4v) is 2.93. The second kappa shape index (κ2) is 5.96. The van der Waals surface area contributed by atoms with Gasteiger partial charge in [-0.3, -0.25) is 0 Å². The molecule has 1 aromatic carbocycles. The van der Waals surface area contributed by atoms with Crippen molar-refractivity contribution >= 4 is 0 Å². The normalized spacial score (nSPS) is 18.1. The molecule has 0 bridgehead atoms. The van der Waals surface area contributed by atoms with Gasteiger partial charge in [0.1, 0.15) is 5.75 Å². The van der Waals surface area contributed by atoms with Gasteiger partial charge in [-0.25, -0.2) is 0 Å². The Kier molecular flexibility index (Phi) is 4.51. The SMILES string of the molecule is CCCNC(C)C1(Cc2cc(C)ccc2OC)CC1. The van der Waals surface area contributed by atoms with Gasteiger partial charge >= 0.3 is 0 Å². The lowest BCUT2D eigenvalue weighted by atomic mass is 9.88. The average molecular weight is 261 g/mol. The first-order chi connectivity index (χ1) is 9.11. The van der Waals surface area contributed by atoms with Crippen LogP contribution in [0.1, 0.15) is 44.2 Å². The highest BCUT2D eigenvalue weighted by atomic mass is 16.5. The molecule has 0 aromatic heterocycles. The van der Waals surface area contributed by atoms with Gasteiger partial charge in [0.15, 0.2) is 0 Å². The number of hydrogen-bond acceptors (Lipinski definition) is 2. The van der Waals surface area contributed by atoms with Gasteiger partial charge in [-0.05, 0) is 63.1 Å². The summed E-state index contributed by atoms with van der Waals surface area (Å²) in [5.41, 5.74) is 3.14. The predicted molar refractivity (Wildman–Crippen MR) is 80.9 cm³/mol. The third-order valence-corrected chi connectivity index (χ3v) is 4.49. The lowest BCUT2D eigenvalue weighted by Gasteiger charge is -2.25. The maximum absolute atomic E-state index is 5.51. The molecule has 1 N–H and O–H groups in total. The third kappa shape index (κ3) is 3.30. The number of hydrogen-bond donors (Lipinski definition) is 1. The van der Waals surface area contributed by atoms with Crippen LogP contribution in [0.15, 0.2) is 18.2 Å². The number of methoxy groups -OCH3 is 1. The summed E-state index contributed by atoms with van der Waals surface area (Å²) in [4.78, 5) is 0. The molecule has 1 unspecified atom stereocenters. The average Bonchev–Trinajstić information content (AvgIpc) is 3.17. The second-order valence-electron chi connectivity index (χ2n) is 6.03. The van der Waals surface area contributed by atoms with Crippen molar-refractivity contribution in [1.29, 1.82) is 0 Å². The Morgan fingerprint density at radius 3 is 2.68 bits per heavy atom. The number of rotatable bonds is 7. The molecule has 0 spiro atoms. The van der Waals surface area contributed by atoms with Crippen molar-refractivity contribution in [3.63, 3.8) is 0 Å². The van der Waals surface area contributed by atoms with Gasteiger partial charge in [0.2, 0.25) is 0 Å². The van der Waals surface area contributed by atoms with Crippen molar-refractivity contribution in [3.8, 4) is 5.75 Å². The summed E-state index contributed by atoms with van der Waals surface area (Å²) in [7, 11) is 1.77. The zero-order chi connectivity index (χ0) is 13.9. The molecule has 2 nitrogen and oxygen atoms in total. The van der Waals surface area contributed by atoms with E-state index in [2.05, 4.69) is 44.3 Å². The largest absolute Gasteiger partial charge is 0.496 e. The minimum Gasteiger partial charge on any atom is -0.496 e. The summed E-state index contributed by atoms with van der Waals surface area (Å²) in [5, 5.41) is 3.67. The summed E-state index contributed by atoms with van der Waals surface area (Å²) in [6.45, 7) is 7.84. The Morgan fingerprint density at radius 2 is 2.11 bits per heavy atom. The first kappa shape index (κ1) is 14.4. The molecule has 0 radical (unpaired) electrons. The Hall–Kier alpha value is -1.02. The van der Waals surface area contributed by atoms with Crippen LogP contribution < -0.4 is 10.1 Å². The van der Waals surface area contributed by atoms with Crippen LogP contribution in [0.25, 0.3) is 0 Å². The monoisotopic (exact) mass is 261 g/mol. The van der Waals surface area contributed by atoms with Gasteiger partial charge in [0, 0.05) is 6.04 Å². The Labute approximate surface area is 117 Å². The van der Waals surface area contributed by atoms with Crippen LogP contribution in [-0.4, -0.2) is 19.7 Å². The lowest BCUT2D eigenvalue weighted by Crippen LogP contribution is -2.36. The predicted octanol–water partition coefficient (Wildman–Crippen LogP) is 3.71. The molecule has 0 aliphatic heterocycles. The van der Waals surface area contributed by atoms with E-state index in [0.717, 1.165) is 18.7 Å². The van der Waals surface area contributed by atoms with Gasteiger partial charge in [-0.15, -0.1) is 0 Å². The van der Waals surface area contributed by atoms with Gasteiger partial charge in [-0.2, -0.15) is 0 Å². The van der Waals surface area contributed by atoms with Crippen molar-refractivity contribution in [2.24, 2.45) is 5.41 Å². The van der Waals surface area contributed by atoms with Crippen LogP contribution in [0.4, 0.5) is 0 Å². The van der Waals surface area contributed by atoms with Gasteiger partial charge in [0.05, 0.1) is 7.11 Å². The molecule has 1 atom stereocenters. The Balaban J connectivity index is 2.10. The summed E-state index contributed by atoms with van der Waals surface area (Å²) >= 11 is 0. The van der Waals surface area contributed by atoms with Crippen molar-refractivity contribution in [1.82, 2.24) is 5.32 Å². The van der Waals surface area contributed by atoms with Crippen molar-refractivity contribution in [3.05, 3.63) is 29.3 Å². The molecule has 2 rings (SSSR count). The molecular weight excluding hydrogens is 234 g/mol. The maximum Gasteiger partial charge on any atom is 0.122 e. The second-order valence-corrected chi connectivity index (χ2v) is 6.03. The van der Waals surface area contributed by atoms with Crippen LogP contribution in [0.3, 0.4) is 0 Å². The summed E-state index contributed by atoms with van der Waals surface area (Å²) < 4.78 is 5.51. The van der Waals surface area contributed by atoms with Gasteiger partial charge in [-0.1, -0.05) is 24.6 Å². The first-order valence-corrected chi connectivity index (χ1v) is 7.48. The van der Waals surface area contributed by atoms with Crippen LogP contribution in [0, 0.1) is 12.3 Å². The summed E-state index contributed by atoms with van der Waals surface area (Å²) in [6, 6.07) is 7.11.